The Kier molecular flexibility index (Phi) is 6.52. The van der Waals surface area contributed by atoms with Gasteiger partial charge in [0.2, 0.25) is 5.89 Å². The minimum Gasteiger partial charge on any atom is -0.497 e. The van der Waals surface area contributed by atoms with E-state index in [1.54, 1.807) is 43.1 Å². The van der Waals surface area contributed by atoms with Gasteiger partial charge in [-0.25, -0.2) is 9.97 Å². The monoisotopic (exact) mass is 499 g/mol. The van der Waals surface area contributed by atoms with E-state index in [-0.39, 0.29) is 5.56 Å². The Bertz CT molecular complexity index is 1610. The second kappa shape index (κ2) is 9.91. The average molecular weight is 500 g/mol. The highest BCUT2D eigenvalue weighted by Crippen LogP contribution is 2.32. The van der Waals surface area contributed by atoms with Gasteiger partial charge in [-0.2, -0.15) is 0 Å². The zero-order valence-electron chi connectivity index (χ0n) is 20.4. The average Bonchev–Trinajstić information content (AvgIpc) is 3.28. The number of benzene rings is 3. The number of oxazole rings is 1. The van der Waals surface area contributed by atoms with Gasteiger partial charge in [0.25, 0.3) is 5.56 Å². The van der Waals surface area contributed by atoms with Gasteiger partial charge in [-0.1, -0.05) is 41.6 Å². The number of rotatable bonds is 7. The molecule has 0 amide bonds. The van der Waals surface area contributed by atoms with Crippen LogP contribution >= 0.6 is 11.8 Å². The Morgan fingerprint density at radius 3 is 2.47 bits per heavy atom. The fourth-order valence-electron chi connectivity index (χ4n) is 3.91. The lowest BCUT2D eigenvalue weighted by atomic mass is 10.1. The van der Waals surface area contributed by atoms with E-state index < -0.39 is 0 Å². The van der Waals surface area contributed by atoms with E-state index in [1.165, 1.54) is 17.3 Å². The highest BCUT2D eigenvalue weighted by atomic mass is 32.2. The van der Waals surface area contributed by atoms with E-state index in [9.17, 15) is 4.79 Å². The Labute approximate surface area is 212 Å². The molecule has 5 aromatic rings. The predicted octanol–water partition coefficient (Wildman–Crippen LogP) is 5.97. The molecule has 0 aliphatic rings. The molecule has 2 aromatic heterocycles. The lowest BCUT2D eigenvalue weighted by Gasteiger charge is -2.16. The Balaban J connectivity index is 1.57. The highest BCUT2D eigenvalue weighted by Gasteiger charge is 2.19. The molecule has 7 nitrogen and oxygen atoms in total. The SMILES string of the molecule is COc1ccc(-n2c(SCc3nc(-c4ccc(C)cc4)oc3C)nc3ccccc3c2=O)c(OC)c1. The first-order chi connectivity index (χ1) is 17.5. The van der Waals surface area contributed by atoms with E-state index in [4.69, 9.17) is 23.9 Å². The first-order valence-corrected chi connectivity index (χ1v) is 12.4. The van der Waals surface area contributed by atoms with Crippen molar-refractivity contribution in [3.8, 4) is 28.6 Å². The van der Waals surface area contributed by atoms with Crippen molar-refractivity contribution in [2.45, 2.75) is 24.8 Å². The third-order valence-electron chi connectivity index (χ3n) is 5.90. The van der Waals surface area contributed by atoms with Crippen LogP contribution in [0, 0.1) is 13.8 Å². The molecule has 182 valence electrons. The molecule has 0 radical (unpaired) electrons. The lowest BCUT2D eigenvalue weighted by Crippen LogP contribution is -2.22. The standard InChI is InChI=1S/C28H25N3O4S/c1-17-9-11-19(12-10-17)26-29-23(18(2)35-26)16-36-28-30-22-8-6-5-7-21(22)27(32)31(28)24-14-13-20(33-3)15-25(24)34-4/h5-15H,16H2,1-4H3. The molecule has 0 aliphatic carbocycles. The van der Waals surface area contributed by atoms with Crippen LogP contribution in [0.3, 0.4) is 0 Å². The number of fused-ring (bicyclic) bond motifs is 1. The van der Waals surface area contributed by atoms with Gasteiger partial charge in [0.15, 0.2) is 5.16 Å². The summed E-state index contributed by atoms with van der Waals surface area (Å²) in [7, 11) is 3.15. The molecule has 8 heteroatoms. The molecule has 0 bridgehead atoms. The molecule has 0 aliphatic heterocycles. The number of hydrogen-bond donors (Lipinski definition) is 0. The summed E-state index contributed by atoms with van der Waals surface area (Å²) >= 11 is 1.42. The van der Waals surface area contributed by atoms with Crippen molar-refractivity contribution in [3.05, 3.63) is 94.1 Å². The van der Waals surface area contributed by atoms with E-state index in [1.807, 2.05) is 56.3 Å². The maximum absolute atomic E-state index is 13.7. The Hall–Kier alpha value is -4.04. The van der Waals surface area contributed by atoms with Crippen LogP contribution in [0.1, 0.15) is 17.0 Å². The van der Waals surface area contributed by atoms with Gasteiger partial charge in [-0.3, -0.25) is 9.36 Å². The molecule has 0 saturated heterocycles. The van der Waals surface area contributed by atoms with Gasteiger partial charge in [-0.05, 0) is 50.2 Å². The topological polar surface area (TPSA) is 79.4 Å². The summed E-state index contributed by atoms with van der Waals surface area (Å²) in [6, 6.07) is 20.7. The fourth-order valence-corrected chi connectivity index (χ4v) is 4.91. The summed E-state index contributed by atoms with van der Waals surface area (Å²) in [6.45, 7) is 3.94. The van der Waals surface area contributed by atoms with Crippen LogP contribution in [0.15, 0.2) is 81.1 Å². The molecule has 36 heavy (non-hydrogen) atoms. The van der Waals surface area contributed by atoms with E-state index in [0.717, 1.165) is 17.0 Å². The van der Waals surface area contributed by atoms with Crippen molar-refractivity contribution in [2.75, 3.05) is 14.2 Å². The van der Waals surface area contributed by atoms with E-state index in [2.05, 4.69) is 0 Å². The number of nitrogens with zero attached hydrogens (tertiary/aromatic N) is 3. The summed E-state index contributed by atoms with van der Waals surface area (Å²) in [5.74, 6) is 2.92. The number of aromatic nitrogens is 3. The largest absolute Gasteiger partial charge is 0.497 e. The molecule has 2 heterocycles. The third-order valence-corrected chi connectivity index (χ3v) is 6.85. The summed E-state index contributed by atoms with van der Waals surface area (Å²) in [6.07, 6.45) is 0. The van der Waals surface area contributed by atoms with Crippen LogP contribution in [-0.2, 0) is 5.75 Å². The molecule has 3 aromatic carbocycles. The van der Waals surface area contributed by atoms with Crippen LogP contribution in [0.25, 0.3) is 28.0 Å². The minimum atomic E-state index is -0.177. The third kappa shape index (κ3) is 4.47. The zero-order valence-corrected chi connectivity index (χ0v) is 21.3. The van der Waals surface area contributed by atoms with Gasteiger partial charge in [0.1, 0.15) is 17.3 Å². The van der Waals surface area contributed by atoms with Crippen molar-refractivity contribution in [1.29, 1.82) is 0 Å². The normalized spacial score (nSPS) is 11.1. The van der Waals surface area contributed by atoms with Crippen LogP contribution in [0.2, 0.25) is 0 Å². The van der Waals surface area contributed by atoms with Crippen molar-refractivity contribution in [3.63, 3.8) is 0 Å². The number of hydrogen-bond acceptors (Lipinski definition) is 7. The molecular weight excluding hydrogens is 474 g/mol. The van der Waals surface area contributed by atoms with Gasteiger partial charge >= 0.3 is 0 Å². The summed E-state index contributed by atoms with van der Waals surface area (Å²) < 4.78 is 18.5. The van der Waals surface area contributed by atoms with Gasteiger partial charge in [-0.15, -0.1) is 0 Å². The molecule has 0 spiro atoms. The highest BCUT2D eigenvalue weighted by molar-refractivity contribution is 7.98. The number of thioether (sulfide) groups is 1. The first-order valence-electron chi connectivity index (χ1n) is 11.4. The number of aryl methyl sites for hydroxylation is 2. The van der Waals surface area contributed by atoms with Crippen LogP contribution in [0.4, 0.5) is 0 Å². The molecule has 0 unspecified atom stereocenters. The lowest BCUT2D eigenvalue weighted by molar-refractivity contribution is 0.392. The molecule has 0 fully saturated rings. The molecule has 0 N–H and O–H groups in total. The van der Waals surface area contributed by atoms with Gasteiger partial charge < -0.3 is 13.9 Å². The molecule has 0 atom stereocenters. The molecule has 5 rings (SSSR count). The Morgan fingerprint density at radius 2 is 1.72 bits per heavy atom. The zero-order chi connectivity index (χ0) is 25.2. The van der Waals surface area contributed by atoms with Crippen molar-refractivity contribution >= 4 is 22.7 Å². The molecule has 0 saturated carbocycles. The summed E-state index contributed by atoms with van der Waals surface area (Å²) in [5, 5.41) is 1.06. The number of methoxy groups -OCH3 is 2. The van der Waals surface area contributed by atoms with Crippen molar-refractivity contribution in [2.24, 2.45) is 0 Å². The predicted molar refractivity (Wildman–Crippen MR) is 141 cm³/mol. The smallest absolute Gasteiger partial charge is 0.266 e. The van der Waals surface area contributed by atoms with Crippen LogP contribution in [0.5, 0.6) is 11.5 Å². The van der Waals surface area contributed by atoms with E-state index >= 15 is 0 Å². The second-order valence-corrected chi connectivity index (χ2v) is 9.21. The van der Waals surface area contributed by atoms with Crippen molar-refractivity contribution < 1.29 is 13.9 Å². The maximum Gasteiger partial charge on any atom is 0.266 e. The first kappa shape index (κ1) is 23.7. The summed E-state index contributed by atoms with van der Waals surface area (Å²) in [4.78, 5) is 23.2. The fraction of sp³-hybridized carbons (Fsp3) is 0.179. The van der Waals surface area contributed by atoms with Crippen molar-refractivity contribution in [1.82, 2.24) is 14.5 Å². The quantitative estimate of drug-likeness (QED) is 0.202. The van der Waals surface area contributed by atoms with E-state index in [0.29, 0.717) is 44.9 Å². The number of para-hydroxylation sites is 1. The maximum atomic E-state index is 13.7. The molecular formula is C28H25N3O4S. The summed E-state index contributed by atoms with van der Waals surface area (Å²) in [5.41, 5.74) is 3.93. The van der Waals surface area contributed by atoms with Crippen LogP contribution in [-0.4, -0.2) is 28.8 Å². The number of ether oxygens (including phenoxy) is 2. The minimum absolute atomic E-state index is 0.177. The van der Waals surface area contributed by atoms with Gasteiger partial charge in [0, 0.05) is 17.4 Å². The Morgan fingerprint density at radius 1 is 0.944 bits per heavy atom. The second-order valence-electron chi connectivity index (χ2n) is 8.27. The van der Waals surface area contributed by atoms with Crippen LogP contribution < -0.4 is 15.0 Å². The van der Waals surface area contributed by atoms with Gasteiger partial charge in [0.05, 0.1) is 36.5 Å².